The van der Waals surface area contributed by atoms with E-state index in [4.69, 9.17) is 28.7 Å². The van der Waals surface area contributed by atoms with Crippen molar-refractivity contribution in [3.63, 3.8) is 0 Å². The minimum absolute atomic E-state index is 0.0291. The summed E-state index contributed by atoms with van der Waals surface area (Å²) in [6.07, 6.45) is 0.761. The minimum atomic E-state index is -1.61. The van der Waals surface area contributed by atoms with Crippen LogP contribution in [0.3, 0.4) is 0 Å². The fourth-order valence-corrected chi connectivity index (χ4v) is 9.55. The number of aliphatic imine (C=N–C) groups is 2. The molecule has 0 aromatic heterocycles. The Morgan fingerprint density at radius 3 is 1.69 bits per heavy atom. The first-order valence-electron chi connectivity index (χ1n) is 25.6. The monoisotopic (exact) mass is 1080 g/mol. The summed E-state index contributed by atoms with van der Waals surface area (Å²) in [5.41, 5.74) is 28.9. The molecule has 2 aromatic carbocycles. The van der Waals surface area contributed by atoms with Crippen LogP contribution in [-0.2, 0) is 56.0 Å². The number of carboxylic acids is 1. The van der Waals surface area contributed by atoms with E-state index in [1.54, 1.807) is 60.7 Å². The molecule has 18 N–H and O–H groups in total. The van der Waals surface area contributed by atoms with Gasteiger partial charge in [0.15, 0.2) is 11.9 Å². The Balaban J connectivity index is 1.22. The standard InChI is InChI=1S/C50H73N15O12/c51-32(15-7-19-56-49(52)53)45(73)64-22-10-18-38(64)47(75)65-27-31(67)25-39(65)43(71)58-26-40(68)59-34(23-29-11-3-1-4-12-29)41(69)62-36(28-66)46(74)63-21-9-17-37(63)44(72)61-35(24-30-13-5-2-6-14-30)42(70)60-33(48(76)77)16-8-20-57-50(54)55/h1-6,11-14,31-39,66-67H,7-10,15-28,51H2,(H,58,71)(H,59,68)(H,60,70)(H,61,72)(H,62,69)(H,76,77)(H4,52,53,56)(H4,54,55,57)/t31?,32-,33-,34-,35-,36-,37-,38-,39-/m0/s1. The van der Waals surface area contributed by atoms with Gasteiger partial charge in [0.2, 0.25) is 47.3 Å². The first-order chi connectivity index (χ1) is 36.8. The van der Waals surface area contributed by atoms with Crippen molar-refractivity contribution in [2.45, 2.75) is 125 Å². The van der Waals surface area contributed by atoms with Crippen molar-refractivity contribution in [3.8, 4) is 0 Å². The predicted molar refractivity (Wildman–Crippen MR) is 279 cm³/mol. The SMILES string of the molecule is NC(N)=NCCC[C@H](NC(=O)[C@H](Cc1ccccc1)NC(=O)[C@@H]1CCCN1C(=O)[C@H](CO)NC(=O)[C@H](Cc1ccccc1)NC(=O)CNC(=O)[C@@H]1CC(O)CN1C(=O)[C@@H]1CCCN1C(=O)[C@@H](N)CCCN=C(N)N)C(=O)O. The molecule has 420 valence electrons. The lowest BCUT2D eigenvalue weighted by atomic mass is 10.0. The average molecular weight is 1080 g/mol. The molecule has 1 unspecified atom stereocenters. The first-order valence-corrected chi connectivity index (χ1v) is 25.6. The number of carbonyl (C=O) groups is 9. The number of aliphatic carboxylic acids is 1. The molecule has 27 heteroatoms. The number of carbonyl (C=O) groups excluding carboxylic acids is 8. The van der Waals surface area contributed by atoms with Gasteiger partial charge in [0.25, 0.3) is 0 Å². The van der Waals surface area contributed by atoms with Crippen LogP contribution >= 0.6 is 0 Å². The minimum Gasteiger partial charge on any atom is -0.480 e. The van der Waals surface area contributed by atoms with Gasteiger partial charge in [-0.1, -0.05) is 60.7 Å². The number of benzene rings is 2. The van der Waals surface area contributed by atoms with Crippen molar-refractivity contribution < 1.29 is 58.5 Å². The van der Waals surface area contributed by atoms with Crippen molar-refractivity contribution in [2.75, 3.05) is 45.9 Å². The van der Waals surface area contributed by atoms with Crippen LogP contribution in [0, 0.1) is 0 Å². The molecule has 9 atom stereocenters. The third-order valence-electron chi connectivity index (χ3n) is 13.4. The Morgan fingerprint density at radius 1 is 0.623 bits per heavy atom. The third-order valence-corrected chi connectivity index (χ3v) is 13.4. The number of rotatable bonds is 27. The van der Waals surface area contributed by atoms with Crippen LogP contribution in [0.25, 0.3) is 0 Å². The van der Waals surface area contributed by atoms with Crippen molar-refractivity contribution in [1.29, 1.82) is 0 Å². The van der Waals surface area contributed by atoms with Crippen molar-refractivity contribution in [3.05, 3.63) is 71.8 Å². The number of nitrogens with one attached hydrogen (secondary N) is 5. The van der Waals surface area contributed by atoms with Gasteiger partial charge >= 0.3 is 5.97 Å². The molecule has 3 saturated heterocycles. The Labute approximate surface area is 445 Å². The maximum absolute atomic E-state index is 14.1. The number of guanidine groups is 2. The average Bonchev–Trinajstić information content (AvgIpc) is 4.20. The van der Waals surface area contributed by atoms with E-state index in [0.717, 1.165) is 0 Å². The van der Waals surface area contributed by atoms with Gasteiger partial charge in [-0.25, -0.2) is 4.79 Å². The lowest BCUT2D eigenvalue weighted by molar-refractivity contribution is -0.147. The Hall–Kier alpha value is -7.91. The van der Waals surface area contributed by atoms with Gasteiger partial charge in [-0.3, -0.25) is 48.3 Å². The number of nitrogens with zero attached hydrogens (tertiary/aromatic N) is 5. The molecule has 3 aliphatic heterocycles. The summed E-state index contributed by atoms with van der Waals surface area (Å²) in [5, 5.41) is 43.8. The van der Waals surface area contributed by atoms with Crippen LogP contribution in [0.4, 0.5) is 0 Å². The summed E-state index contributed by atoms with van der Waals surface area (Å²) >= 11 is 0. The number of aliphatic hydroxyl groups excluding tert-OH is 2. The molecular formula is C50H73N15O12. The summed E-state index contributed by atoms with van der Waals surface area (Å²) in [4.78, 5) is 134. The highest BCUT2D eigenvalue weighted by molar-refractivity contribution is 5.98. The van der Waals surface area contributed by atoms with E-state index >= 15 is 0 Å². The molecule has 0 aliphatic carbocycles. The molecule has 5 rings (SSSR count). The number of hydrogen-bond donors (Lipinski definition) is 13. The van der Waals surface area contributed by atoms with E-state index in [0.29, 0.717) is 36.8 Å². The highest BCUT2D eigenvalue weighted by atomic mass is 16.4. The molecule has 3 heterocycles. The second-order valence-corrected chi connectivity index (χ2v) is 19.2. The Bertz CT molecular complexity index is 2440. The molecule has 3 fully saturated rings. The lowest BCUT2D eigenvalue weighted by Gasteiger charge is -2.32. The van der Waals surface area contributed by atoms with Crippen LogP contribution in [0.2, 0.25) is 0 Å². The summed E-state index contributed by atoms with van der Waals surface area (Å²) in [7, 11) is 0. The second kappa shape index (κ2) is 29.4. The Morgan fingerprint density at radius 2 is 1.14 bits per heavy atom. The van der Waals surface area contributed by atoms with Gasteiger partial charge in [-0.15, -0.1) is 0 Å². The van der Waals surface area contributed by atoms with Crippen molar-refractivity contribution >= 4 is 65.1 Å². The van der Waals surface area contributed by atoms with Crippen LogP contribution in [0.1, 0.15) is 68.9 Å². The molecule has 8 amide bonds. The number of β-amino-alcohol motifs (C(OH)–C–C–N with tert-alkyl or cyclic N) is 1. The summed E-state index contributed by atoms with van der Waals surface area (Å²) in [6.45, 7) is -1.13. The van der Waals surface area contributed by atoms with E-state index in [1.807, 2.05) is 0 Å². The molecule has 77 heavy (non-hydrogen) atoms. The van der Waals surface area contributed by atoms with Crippen LogP contribution in [0.15, 0.2) is 70.6 Å². The summed E-state index contributed by atoms with van der Waals surface area (Å²) in [5.74, 6) is -7.50. The van der Waals surface area contributed by atoms with Crippen LogP contribution in [-0.4, -0.2) is 195 Å². The maximum Gasteiger partial charge on any atom is 0.326 e. The lowest BCUT2D eigenvalue weighted by Crippen LogP contribution is -2.60. The zero-order chi connectivity index (χ0) is 56.2. The number of hydrogen-bond acceptors (Lipinski definition) is 14. The van der Waals surface area contributed by atoms with Crippen LogP contribution < -0.4 is 55.3 Å². The van der Waals surface area contributed by atoms with Crippen molar-refractivity contribution in [2.24, 2.45) is 38.7 Å². The number of likely N-dealkylation sites (tertiary alicyclic amines) is 3. The van der Waals surface area contributed by atoms with Gasteiger partial charge < -0.3 is 85.3 Å². The van der Waals surface area contributed by atoms with E-state index in [1.165, 1.54) is 14.7 Å². The molecular weight excluding hydrogens is 1000 g/mol. The summed E-state index contributed by atoms with van der Waals surface area (Å²) in [6, 6.07) is 7.30. The largest absolute Gasteiger partial charge is 0.480 e. The molecule has 0 bridgehead atoms. The van der Waals surface area contributed by atoms with E-state index < -0.39 is 121 Å². The van der Waals surface area contributed by atoms with E-state index in [9.17, 15) is 58.5 Å². The van der Waals surface area contributed by atoms with Gasteiger partial charge in [0.1, 0.15) is 42.3 Å². The zero-order valence-corrected chi connectivity index (χ0v) is 42.8. The number of amides is 8. The third kappa shape index (κ3) is 17.8. The predicted octanol–water partition coefficient (Wildman–Crippen LogP) is -5.02. The second-order valence-electron chi connectivity index (χ2n) is 19.2. The normalized spacial score (nSPS) is 19.9. The molecule has 2 aromatic rings. The first kappa shape index (κ1) is 60.0. The van der Waals surface area contributed by atoms with Gasteiger partial charge in [-0.05, 0) is 62.5 Å². The van der Waals surface area contributed by atoms with Gasteiger partial charge in [0.05, 0.1) is 25.3 Å². The number of carboxylic acid groups (broad SMARTS) is 1. The summed E-state index contributed by atoms with van der Waals surface area (Å²) < 4.78 is 0. The molecule has 3 aliphatic rings. The smallest absolute Gasteiger partial charge is 0.326 e. The van der Waals surface area contributed by atoms with Crippen molar-refractivity contribution in [1.82, 2.24) is 41.3 Å². The highest BCUT2D eigenvalue weighted by Gasteiger charge is 2.46. The molecule has 0 radical (unpaired) electrons. The van der Waals surface area contributed by atoms with Gasteiger partial charge in [0, 0.05) is 52.0 Å². The van der Waals surface area contributed by atoms with E-state index in [2.05, 4.69) is 36.6 Å². The van der Waals surface area contributed by atoms with Crippen LogP contribution in [0.5, 0.6) is 0 Å². The molecule has 27 nitrogen and oxygen atoms in total. The molecule has 0 saturated carbocycles. The maximum atomic E-state index is 14.1. The Kier molecular flexibility index (Phi) is 22.9. The number of nitrogens with two attached hydrogens (primary N) is 5. The van der Waals surface area contributed by atoms with E-state index in [-0.39, 0.29) is 89.6 Å². The van der Waals surface area contributed by atoms with Gasteiger partial charge in [-0.2, -0.15) is 0 Å². The quantitative estimate of drug-likeness (QED) is 0.0226. The zero-order valence-electron chi connectivity index (χ0n) is 42.8. The fourth-order valence-electron chi connectivity index (χ4n) is 9.55. The fraction of sp³-hybridized carbons (Fsp3) is 0.540. The molecule has 0 spiro atoms. The number of aliphatic hydroxyl groups is 2. The highest BCUT2D eigenvalue weighted by Crippen LogP contribution is 2.26. The topological polar surface area (TPSA) is 439 Å².